The normalized spacial score (nSPS) is 12.7. The van der Waals surface area contributed by atoms with Crippen molar-refractivity contribution in [1.82, 2.24) is 4.57 Å². The van der Waals surface area contributed by atoms with E-state index in [1.54, 1.807) is 4.57 Å². The molecule has 5 aromatic rings. The largest absolute Gasteiger partial charge is 0.505 e. The molecule has 1 aliphatic rings. The molecule has 2 heterocycles. The summed E-state index contributed by atoms with van der Waals surface area (Å²) in [5, 5.41) is 11.3. The van der Waals surface area contributed by atoms with Crippen molar-refractivity contribution in [2.24, 2.45) is 0 Å². The lowest BCUT2D eigenvalue weighted by atomic mass is 9.99. The lowest BCUT2D eigenvalue weighted by molar-refractivity contribution is 0.445. The Morgan fingerprint density at radius 1 is 0.829 bits per heavy atom. The number of hydrogen-bond acceptors (Lipinski definition) is 5. The summed E-state index contributed by atoms with van der Waals surface area (Å²) in [6.07, 6.45) is 2.28. The number of fused-ring (bicyclic) bond motifs is 5. The van der Waals surface area contributed by atoms with E-state index in [1.807, 2.05) is 78.9 Å². The molecule has 0 atom stereocenters. The molecule has 0 spiro atoms. The van der Waals surface area contributed by atoms with Crippen molar-refractivity contribution in [2.75, 3.05) is 0 Å². The van der Waals surface area contributed by atoms with Crippen LogP contribution in [0.4, 0.5) is 0 Å². The first kappa shape index (κ1) is 21.5. The first-order chi connectivity index (χ1) is 17.1. The standard InChI is InChI=1S/C29H21NO4S/c31-25-23-26(34-29(33)27(25)35-20-14-5-2-6-15-20)22-17-9-11-18-10-7-8-16-21(18)24(22)30(28(23)32)19-12-3-1-4-13-19/h1-8,10,12-16,31H,9,11,17H2. The van der Waals surface area contributed by atoms with Crippen LogP contribution in [0.1, 0.15) is 17.5 Å². The predicted octanol–water partition coefficient (Wildman–Crippen LogP) is 5.96. The average Bonchev–Trinajstić information content (AvgIpc) is 3.08. The molecule has 0 radical (unpaired) electrons. The van der Waals surface area contributed by atoms with E-state index in [-0.39, 0.29) is 21.6 Å². The minimum Gasteiger partial charge on any atom is -0.505 e. The lowest BCUT2D eigenvalue weighted by Crippen LogP contribution is -2.23. The Morgan fingerprint density at radius 3 is 2.29 bits per heavy atom. The summed E-state index contributed by atoms with van der Waals surface area (Å²) in [5.74, 6) is -0.333. The van der Waals surface area contributed by atoms with E-state index in [9.17, 15) is 14.7 Å². The molecule has 1 aliphatic carbocycles. The molecule has 35 heavy (non-hydrogen) atoms. The minimum absolute atomic E-state index is 0.00869. The van der Waals surface area contributed by atoms with Gasteiger partial charge in [0.15, 0.2) is 11.3 Å². The molecule has 3 aromatic carbocycles. The van der Waals surface area contributed by atoms with Crippen molar-refractivity contribution in [3.63, 3.8) is 0 Å². The van der Waals surface area contributed by atoms with Crippen molar-refractivity contribution >= 4 is 22.7 Å². The van der Waals surface area contributed by atoms with Gasteiger partial charge in [0.25, 0.3) is 5.56 Å². The Bertz CT molecular complexity index is 1690. The molecular formula is C29H21NO4S. The molecule has 0 aliphatic heterocycles. The Hall–Kier alpha value is -4.03. The van der Waals surface area contributed by atoms with Crippen LogP contribution in [0.25, 0.3) is 27.9 Å². The fraction of sp³-hybridized carbons (Fsp3) is 0.103. The van der Waals surface area contributed by atoms with Crippen molar-refractivity contribution in [2.45, 2.75) is 29.1 Å². The van der Waals surface area contributed by atoms with Crippen molar-refractivity contribution in [1.29, 1.82) is 0 Å². The van der Waals surface area contributed by atoms with Gasteiger partial charge in [0.1, 0.15) is 10.3 Å². The topological polar surface area (TPSA) is 72.4 Å². The van der Waals surface area contributed by atoms with Gasteiger partial charge < -0.3 is 9.52 Å². The highest BCUT2D eigenvalue weighted by molar-refractivity contribution is 7.99. The smallest absolute Gasteiger partial charge is 0.354 e. The number of aromatic nitrogens is 1. The van der Waals surface area contributed by atoms with E-state index in [1.165, 1.54) is 0 Å². The van der Waals surface area contributed by atoms with Gasteiger partial charge >= 0.3 is 5.63 Å². The third kappa shape index (κ3) is 3.58. The number of aryl methyl sites for hydroxylation is 2. The molecule has 1 N–H and O–H groups in total. The Kier molecular flexibility index (Phi) is 5.30. The molecule has 6 rings (SSSR count). The van der Waals surface area contributed by atoms with E-state index < -0.39 is 11.2 Å². The molecule has 0 amide bonds. The Balaban J connectivity index is 1.74. The van der Waals surface area contributed by atoms with Crippen molar-refractivity contribution in [3.8, 4) is 22.7 Å². The van der Waals surface area contributed by atoms with Gasteiger partial charge in [-0.05, 0) is 49.1 Å². The summed E-state index contributed by atoms with van der Waals surface area (Å²) < 4.78 is 7.49. The number of para-hydroxylation sites is 1. The van der Waals surface area contributed by atoms with Crippen LogP contribution in [0.3, 0.4) is 0 Å². The van der Waals surface area contributed by atoms with Gasteiger partial charge in [-0.1, -0.05) is 72.4 Å². The summed E-state index contributed by atoms with van der Waals surface area (Å²) >= 11 is 1.09. The summed E-state index contributed by atoms with van der Waals surface area (Å²) in [4.78, 5) is 28.0. The van der Waals surface area contributed by atoms with Gasteiger partial charge in [0, 0.05) is 21.7 Å². The number of hydrogen-bond donors (Lipinski definition) is 1. The first-order valence-corrected chi connectivity index (χ1v) is 12.3. The van der Waals surface area contributed by atoms with Crippen LogP contribution in [0.15, 0.2) is 109 Å². The van der Waals surface area contributed by atoms with E-state index in [0.717, 1.165) is 46.2 Å². The van der Waals surface area contributed by atoms with E-state index in [0.29, 0.717) is 17.8 Å². The van der Waals surface area contributed by atoms with Crippen LogP contribution in [0.2, 0.25) is 0 Å². The van der Waals surface area contributed by atoms with Crippen LogP contribution >= 0.6 is 11.8 Å². The highest BCUT2D eigenvalue weighted by atomic mass is 32.2. The second-order valence-corrected chi connectivity index (χ2v) is 9.58. The molecule has 172 valence electrons. The molecule has 0 saturated heterocycles. The van der Waals surface area contributed by atoms with Crippen molar-refractivity contribution < 1.29 is 9.52 Å². The summed E-state index contributed by atoms with van der Waals surface area (Å²) in [6, 6.07) is 26.7. The molecular weight excluding hydrogens is 458 g/mol. The number of nitrogens with zero attached hydrogens (tertiary/aromatic N) is 1. The van der Waals surface area contributed by atoms with Crippen molar-refractivity contribution in [3.05, 3.63) is 117 Å². The zero-order valence-electron chi connectivity index (χ0n) is 18.7. The third-order valence-electron chi connectivity index (χ3n) is 6.38. The highest BCUT2D eigenvalue weighted by Crippen LogP contribution is 2.41. The van der Waals surface area contributed by atoms with Crippen LogP contribution < -0.4 is 11.2 Å². The lowest BCUT2D eigenvalue weighted by Gasteiger charge is -2.19. The van der Waals surface area contributed by atoms with Gasteiger partial charge in [0.05, 0.1) is 5.69 Å². The first-order valence-electron chi connectivity index (χ1n) is 11.5. The van der Waals surface area contributed by atoms with E-state index in [4.69, 9.17) is 4.42 Å². The molecule has 2 aromatic heterocycles. The quantitative estimate of drug-likeness (QED) is 0.346. The Labute approximate surface area is 205 Å². The summed E-state index contributed by atoms with van der Waals surface area (Å²) in [7, 11) is 0. The molecule has 0 saturated carbocycles. The van der Waals surface area contributed by atoms with Crippen LogP contribution in [0, 0.1) is 0 Å². The molecule has 5 nitrogen and oxygen atoms in total. The highest BCUT2D eigenvalue weighted by Gasteiger charge is 2.28. The predicted molar refractivity (Wildman–Crippen MR) is 138 cm³/mol. The van der Waals surface area contributed by atoms with Gasteiger partial charge in [-0.25, -0.2) is 4.79 Å². The Morgan fingerprint density at radius 2 is 1.51 bits per heavy atom. The maximum Gasteiger partial charge on any atom is 0.354 e. The SMILES string of the molecule is O=c1oc2c3c(n(-c4ccccc4)c(=O)c2c(O)c1Sc1ccccc1)-c1ccccc1CCC3. The van der Waals surface area contributed by atoms with Crippen LogP contribution in [-0.2, 0) is 12.8 Å². The fourth-order valence-corrected chi connectivity index (χ4v) is 5.69. The van der Waals surface area contributed by atoms with Gasteiger partial charge in [-0.3, -0.25) is 9.36 Å². The summed E-state index contributed by atoms with van der Waals surface area (Å²) in [5.41, 5.74) is 3.34. The van der Waals surface area contributed by atoms with Crippen LogP contribution in [-0.4, -0.2) is 9.67 Å². The number of benzene rings is 3. The number of pyridine rings is 1. The van der Waals surface area contributed by atoms with Gasteiger partial charge in [-0.2, -0.15) is 0 Å². The van der Waals surface area contributed by atoms with Crippen LogP contribution in [0.5, 0.6) is 5.75 Å². The van der Waals surface area contributed by atoms with E-state index in [2.05, 4.69) is 6.07 Å². The second-order valence-electron chi connectivity index (χ2n) is 8.50. The zero-order chi connectivity index (χ0) is 23.9. The average molecular weight is 480 g/mol. The number of aromatic hydroxyl groups is 1. The molecule has 6 heteroatoms. The van der Waals surface area contributed by atoms with Gasteiger partial charge in [0.2, 0.25) is 0 Å². The van der Waals surface area contributed by atoms with Gasteiger partial charge in [-0.15, -0.1) is 0 Å². The maximum absolute atomic E-state index is 14.1. The molecule has 0 bridgehead atoms. The monoisotopic (exact) mass is 479 g/mol. The third-order valence-corrected chi connectivity index (χ3v) is 7.45. The minimum atomic E-state index is -0.652. The van der Waals surface area contributed by atoms with E-state index >= 15 is 0 Å². The summed E-state index contributed by atoms with van der Waals surface area (Å²) in [6.45, 7) is 0. The zero-order valence-corrected chi connectivity index (χ0v) is 19.5. The molecule has 0 unspecified atom stereocenters. The fourth-order valence-electron chi connectivity index (χ4n) is 4.83. The molecule has 0 fully saturated rings. The number of rotatable bonds is 3. The second kappa shape index (κ2) is 8.64. The maximum atomic E-state index is 14.1.